The van der Waals surface area contributed by atoms with Gasteiger partial charge in [0.1, 0.15) is 11.3 Å². The van der Waals surface area contributed by atoms with E-state index < -0.39 is 27.3 Å². The van der Waals surface area contributed by atoms with Crippen LogP contribution >= 0.6 is 11.6 Å². The summed E-state index contributed by atoms with van der Waals surface area (Å²) in [6, 6.07) is 3.96. The Morgan fingerprint density at radius 2 is 2.17 bits per heavy atom. The van der Waals surface area contributed by atoms with Gasteiger partial charge < -0.3 is 5.32 Å². The number of halogens is 1. The molecule has 0 aliphatic carbocycles. The fourth-order valence-corrected chi connectivity index (χ4v) is 2.11. The van der Waals surface area contributed by atoms with Gasteiger partial charge in [0.25, 0.3) is 10.1 Å². The minimum absolute atomic E-state index is 0.159. The molecular formula is C10H9ClN2O4S. The predicted octanol–water partition coefficient (Wildman–Crippen LogP) is 1.75. The van der Waals surface area contributed by atoms with Gasteiger partial charge in [-0.15, -0.1) is 0 Å². The van der Waals surface area contributed by atoms with E-state index in [-0.39, 0.29) is 10.7 Å². The molecule has 8 heteroatoms. The molecule has 0 saturated heterocycles. The second-order valence-corrected chi connectivity index (χ2v) is 5.25. The molecular weight excluding hydrogens is 280 g/mol. The maximum Gasteiger partial charge on any atom is 0.296 e. The van der Waals surface area contributed by atoms with Gasteiger partial charge in [-0.25, -0.2) is 0 Å². The summed E-state index contributed by atoms with van der Waals surface area (Å²) in [7, 11) is -4.49. The zero-order chi connectivity index (χ0) is 13.9. The number of rotatable bonds is 3. The second-order valence-electron chi connectivity index (χ2n) is 3.46. The van der Waals surface area contributed by atoms with Gasteiger partial charge in [-0.1, -0.05) is 11.6 Å². The van der Waals surface area contributed by atoms with Crippen LogP contribution in [0.5, 0.6) is 0 Å². The molecule has 0 radical (unpaired) electrons. The van der Waals surface area contributed by atoms with Crippen LogP contribution in [-0.2, 0) is 14.9 Å². The molecule has 1 rings (SSSR count). The first-order valence-corrected chi connectivity index (χ1v) is 6.52. The van der Waals surface area contributed by atoms with Crippen LogP contribution in [0, 0.1) is 18.3 Å². The molecule has 0 saturated carbocycles. The van der Waals surface area contributed by atoms with E-state index in [0.29, 0.717) is 5.56 Å². The summed E-state index contributed by atoms with van der Waals surface area (Å²) in [5.41, 5.74) is 0.274. The van der Waals surface area contributed by atoms with Gasteiger partial charge in [-0.05, 0) is 24.6 Å². The summed E-state index contributed by atoms with van der Waals surface area (Å²) in [4.78, 5) is 10.8. The van der Waals surface area contributed by atoms with Gasteiger partial charge in [0.15, 0.2) is 0 Å². The lowest BCUT2D eigenvalue weighted by molar-refractivity contribution is -0.115. The third-order valence-corrected chi connectivity index (χ3v) is 3.35. The van der Waals surface area contributed by atoms with Gasteiger partial charge in [0.05, 0.1) is 11.8 Å². The van der Waals surface area contributed by atoms with Crippen molar-refractivity contribution in [2.75, 3.05) is 5.32 Å². The third kappa shape index (κ3) is 3.43. The van der Waals surface area contributed by atoms with Crippen LogP contribution < -0.4 is 5.32 Å². The molecule has 0 fully saturated rings. The van der Waals surface area contributed by atoms with Crippen molar-refractivity contribution in [3.8, 4) is 6.07 Å². The average Bonchev–Trinajstić information content (AvgIpc) is 2.21. The predicted molar refractivity (Wildman–Crippen MR) is 64.9 cm³/mol. The van der Waals surface area contributed by atoms with Gasteiger partial charge >= 0.3 is 0 Å². The summed E-state index contributed by atoms with van der Waals surface area (Å²) in [5, 5.41) is 10.8. The molecule has 0 spiro atoms. The fourth-order valence-electron chi connectivity index (χ4n) is 1.23. The van der Waals surface area contributed by atoms with Crippen molar-refractivity contribution in [3.63, 3.8) is 0 Å². The minimum Gasteiger partial charge on any atom is -0.324 e. The Bertz CT molecular complexity index is 634. The lowest BCUT2D eigenvalue weighted by atomic mass is 10.2. The molecule has 1 aromatic carbocycles. The molecule has 0 atom stereocenters. The SMILES string of the molecule is Cc1cc(S(=O)(=O)O)c(NC(=O)CC#N)cc1Cl. The molecule has 0 aliphatic rings. The zero-order valence-electron chi connectivity index (χ0n) is 9.27. The molecule has 6 nitrogen and oxygen atoms in total. The van der Waals surface area contributed by atoms with E-state index in [1.54, 1.807) is 13.0 Å². The number of aryl methyl sites for hydroxylation is 1. The van der Waals surface area contributed by atoms with Gasteiger partial charge in [0, 0.05) is 5.02 Å². The Kier molecular flexibility index (Phi) is 4.29. The van der Waals surface area contributed by atoms with E-state index in [2.05, 4.69) is 5.32 Å². The number of benzene rings is 1. The maximum absolute atomic E-state index is 11.2. The van der Waals surface area contributed by atoms with Crippen LogP contribution in [0.1, 0.15) is 12.0 Å². The van der Waals surface area contributed by atoms with E-state index in [1.807, 2.05) is 0 Å². The number of carbonyl (C=O) groups excluding carboxylic acids is 1. The summed E-state index contributed by atoms with van der Waals surface area (Å²) in [6.45, 7) is 1.55. The standard InChI is InChI=1S/C10H9ClN2O4S/c1-6-4-9(18(15,16)17)8(5-7(6)11)13-10(14)2-3-12/h4-5H,2H2,1H3,(H,13,14)(H,15,16,17). The molecule has 1 amide bonds. The number of nitrogens with zero attached hydrogens (tertiary/aromatic N) is 1. The normalized spacial score (nSPS) is 10.8. The highest BCUT2D eigenvalue weighted by molar-refractivity contribution is 7.86. The number of amides is 1. The third-order valence-electron chi connectivity index (χ3n) is 2.05. The van der Waals surface area contributed by atoms with Gasteiger partial charge in [-0.3, -0.25) is 9.35 Å². The maximum atomic E-state index is 11.2. The van der Waals surface area contributed by atoms with Crippen molar-refractivity contribution in [1.82, 2.24) is 0 Å². The molecule has 0 unspecified atom stereocenters. The smallest absolute Gasteiger partial charge is 0.296 e. The van der Waals surface area contributed by atoms with E-state index in [1.165, 1.54) is 6.07 Å². The summed E-state index contributed by atoms with van der Waals surface area (Å²) >= 11 is 5.80. The first-order valence-electron chi connectivity index (χ1n) is 4.70. The average molecular weight is 289 g/mol. The van der Waals surface area contributed by atoms with Crippen molar-refractivity contribution >= 4 is 33.3 Å². The van der Waals surface area contributed by atoms with Crippen LogP contribution in [0.2, 0.25) is 5.02 Å². The first-order chi connectivity index (χ1) is 8.25. The summed E-state index contributed by atoms with van der Waals surface area (Å²) in [6.07, 6.45) is -0.434. The van der Waals surface area contributed by atoms with Crippen molar-refractivity contribution in [1.29, 1.82) is 5.26 Å². The van der Waals surface area contributed by atoms with Crippen LogP contribution in [0.4, 0.5) is 5.69 Å². The van der Waals surface area contributed by atoms with Crippen LogP contribution in [0.3, 0.4) is 0 Å². The lowest BCUT2D eigenvalue weighted by Crippen LogP contribution is -2.14. The summed E-state index contributed by atoms with van der Waals surface area (Å²) in [5.74, 6) is -0.692. The van der Waals surface area contributed by atoms with E-state index >= 15 is 0 Å². The number of carbonyl (C=O) groups is 1. The number of nitrogens with one attached hydrogen (secondary N) is 1. The minimum atomic E-state index is -4.49. The van der Waals surface area contributed by atoms with Crippen molar-refractivity contribution in [3.05, 3.63) is 22.7 Å². The number of hydrogen-bond donors (Lipinski definition) is 2. The quantitative estimate of drug-likeness (QED) is 0.824. The highest BCUT2D eigenvalue weighted by Crippen LogP contribution is 2.28. The number of hydrogen-bond acceptors (Lipinski definition) is 4. The molecule has 0 heterocycles. The van der Waals surface area contributed by atoms with Crippen molar-refractivity contribution < 1.29 is 17.8 Å². The molecule has 2 N–H and O–H groups in total. The number of anilines is 1. The fraction of sp³-hybridized carbons (Fsp3) is 0.200. The van der Waals surface area contributed by atoms with E-state index in [0.717, 1.165) is 6.07 Å². The van der Waals surface area contributed by atoms with E-state index in [4.69, 9.17) is 21.4 Å². The first kappa shape index (κ1) is 14.4. The summed E-state index contributed by atoms with van der Waals surface area (Å²) < 4.78 is 31.3. The molecule has 0 bridgehead atoms. The van der Waals surface area contributed by atoms with Gasteiger partial charge in [0.2, 0.25) is 5.91 Å². The molecule has 18 heavy (non-hydrogen) atoms. The Morgan fingerprint density at radius 1 is 1.56 bits per heavy atom. The van der Waals surface area contributed by atoms with Gasteiger partial charge in [-0.2, -0.15) is 13.7 Å². The monoisotopic (exact) mass is 288 g/mol. The Morgan fingerprint density at radius 3 is 2.67 bits per heavy atom. The van der Waals surface area contributed by atoms with E-state index in [9.17, 15) is 13.2 Å². The highest BCUT2D eigenvalue weighted by Gasteiger charge is 2.18. The Balaban J connectivity index is 3.30. The Labute approximate surface area is 109 Å². The van der Waals surface area contributed by atoms with Crippen LogP contribution in [0.25, 0.3) is 0 Å². The van der Waals surface area contributed by atoms with Crippen LogP contribution in [-0.4, -0.2) is 18.9 Å². The van der Waals surface area contributed by atoms with Crippen LogP contribution in [0.15, 0.2) is 17.0 Å². The molecule has 0 aromatic heterocycles. The molecule has 96 valence electrons. The number of nitriles is 1. The van der Waals surface area contributed by atoms with Crippen molar-refractivity contribution in [2.24, 2.45) is 0 Å². The van der Waals surface area contributed by atoms with Crippen molar-refractivity contribution in [2.45, 2.75) is 18.2 Å². The topological polar surface area (TPSA) is 107 Å². The molecule has 1 aromatic rings. The second kappa shape index (κ2) is 5.35. The molecule has 0 aliphatic heterocycles. The Hall–Kier alpha value is -1.62. The largest absolute Gasteiger partial charge is 0.324 e. The lowest BCUT2D eigenvalue weighted by Gasteiger charge is -2.10. The zero-order valence-corrected chi connectivity index (χ0v) is 10.8. The highest BCUT2D eigenvalue weighted by atomic mass is 35.5.